The summed E-state index contributed by atoms with van der Waals surface area (Å²) in [4.78, 5) is 22.8. The van der Waals surface area contributed by atoms with Gasteiger partial charge in [0, 0.05) is 12.3 Å². The number of carbonyl (C=O) groups excluding carboxylic acids is 1. The van der Waals surface area contributed by atoms with Crippen molar-refractivity contribution in [2.45, 2.75) is 31.5 Å². The zero-order valence-electron chi connectivity index (χ0n) is 10.7. The Morgan fingerprint density at radius 2 is 1.84 bits per heavy atom. The lowest BCUT2D eigenvalue weighted by atomic mass is 10.2. The number of nitrogens with zero attached hydrogens (tertiary/aromatic N) is 3. The van der Waals surface area contributed by atoms with Crippen molar-refractivity contribution in [2.24, 2.45) is 0 Å². The van der Waals surface area contributed by atoms with E-state index in [2.05, 4.69) is 20.3 Å². The quantitative estimate of drug-likeness (QED) is 0.677. The summed E-state index contributed by atoms with van der Waals surface area (Å²) in [6.07, 6.45) is -0.459. The number of alkyl carbamates (subject to hydrolysis) is 1. The van der Waals surface area contributed by atoms with Gasteiger partial charge in [-0.05, 0) is 44.0 Å². The van der Waals surface area contributed by atoms with E-state index < -0.39 is 11.7 Å². The minimum Gasteiger partial charge on any atom is -0.444 e. The highest BCUT2D eigenvalue weighted by Crippen LogP contribution is 2.16. The third-order valence-electron chi connectivity index (χ3n) is 1.56. The lowest BCUT2D eigenvalue weighted by Gasteiger charge is -2.19. The highest BCUT2D eigenvalue weighted by molar-refractivity contribution is 7.99. The van der Waals surface area contributed by atoms with Crippen LogP contribution in [0.4, 0.5) is 4.79 Å². The van der Waals surface area contributed by atoms with E-state index in [1.54, 1.807) is 20.8 Å². The summed E-state index contributed by atoms with van der Waals surface area (Å²) in [6.45, 7) is 5.82. The van der Waals surface area contributed by atoms with Crippen molar-refractivity contribution in [1.29, 1.82) is 0 Å². The summed E-state index contributed by atoms with van der Waals surface area (Å²) < 4.78 is 5.09. The number of thioether (sulfide) groups is 1. The summed E-state index contributed by atoms with van der Waals surface area (Å²) in [5.74, 6) is 0.565. The molecular weight excluding hydrogens is 311 g/mol. The number of hydrogen-bond acceptors (Lipinski definition) is 6. The molecule has 0 saturated heterocycles. The summed E-state index contributed by atoms with van der Waals surface area (Å²) in [7, 11) is 0. The first-order valence-electron chi connectivity index (χ1n) is 5.43. The molecule has 0 aliphatic carbocycles. The van der Waals surface area contributed by atoms with Crippen molar-refractivity contribution in [2.75, 3.05) is 12.3 Å². The largest absolute Gasteiger partial charge is 0.444 e. The van der Waals surface area contributed by atoms with Gasteiger partial charge in [0.2, 0.25) is 10.6 Å². The monoisotopic (exact) mass is 324 g/mol. The molecule has 0 atom stereocenters. The van der Waals surface area contributed by atoms with E-state index >= 15 is 0 Å². The van der Waals surface area contributed by atoms with Crippen LogP contribution in [0.5, 0.6) is 0 Å². The van der Waals surface area contributed by atoms with E-state index in [-0.39, 0.29) is 10.6 Å². The zero-order valence-corrected chi connectivity index (χ0v) is 13.1. The second kappa shape index (κ2) is 7.12. The molecule has 0 spiro atoms. The van der Waals surface area contributed by atoms with Gasteiger partial charge >= 0.3 is 6.09 Å². The number of carbonyl (C=O) groups is 1. The second-order valence-electron chi connectivity index (χ2n) is 4.43. The van der Waals surface area contributed by atoms with Gasteiger partial charge in [-0.25, -0.2) is 4.79 Å². The number of hydrogen-bond donors (Lipinski definition) is 1. The fourth-order valence-corrected chi connectivity index (χ4v) is 2.14. The Bertz CT molecular complexity index is 433. The van der Waals surface area contributed by atoms with Crippen LogP contribution >= 0.6 is 35.0 Å². The molecule has 0 radical (unpaired) electrons. The minimum atomic E-state index is -0.507. The Balaban J connectivity index is 2.29. The van der Waals surface area contributed by atoms with Gasteiger partial charge in [0.25, 0.3) is 0 Å². The van der Waals surface area contributed by atoms with Crippen molar-refractivity contribution in [3.63, 3.8) is 0 Å². The predicted octanol–water partition coefficient (Wildman–Crippen LogP) is 2.80. The maximum Gasteiger partial charge on any atom is 0.407 e. The van der Waals surface area contributed by atoms with Crippen LogP contribution in [0.3, 0.4) is 0 Å². The number of nitrogens with one attached hydrogen (secondary N) is 1. The van der Waals surface area contributed by atoms with Crippen molar-refractivity contribution < 1.29 is 9.53 Å². The molecule has 1 N–H and O–H groups in total. The molecule has 1 amide bonds. The molecule has 0 unspecified atom stereocenters. The van der Waals surface area contributed by atoms with Gasteiger partial charge in [-0.3, -0.25) is 0 Å². The Kier molecular flexibility index (Phi) is 6.09. The highest BCUT2D eigenvalue weighted by Gasteiger charge is 2.15. The van der Waals surface area contributed by atoms with Gasteiger partial charge in [0.05, 0.1) is 0 Å². The van der Waals surface area contributed by atoms with Gasteiger partial charge in [-0.15, -0.1) is 0 Å². The topological polar surface area (TPSA) is 77.0 Å². The van der Waals surface area contributed by atoms with Gasteiger partial charge < -0.3 is 10.1 Å². The van der Waals surface area contributed by atoms with Crippen LogP contribution in [0.1, 0.15) is 20.8 Å². The van der Waals surface area contributed by atoms with Crippen molar-refractivity contribution in [1.82, 2.24) is 20.3 Å². The standard InChI is InChI=1S/C10H14Cl2N4O2S/c1-10(2,3)18-9(17)13-4-5-19-8-15-6(11)14-7(12)16-8/h4-5H2,1-3H3,(H,13,17). The van der Waals surface area contributed by atoms with Gasteiger partial charge in [0.1, 0.15) is 5.60 Å². The second-order valence-corrected chi connectivity index (χ2v) is 6.17. The molecule has 0 aliphatic rings. The molecule has 0 aliphatic heterocycles. The number of ether oxygens (including phenoxy) is 1. The molecular formula is C10H14Cl2N4O2S. The molecule has 1 aromatic rings. The Hall–Kier alpha value is -0.790. The summed E-state index contributed by atoms with van der Waals surface area (Å²) in [5, 5.41) is 3.12. The third kappa shape index (κ3) is 7.39. The molecule has 1 aromatic heterocycles. The minimum absolute atomic E-state index is 0.0441. The highest BCUT2D eigenvalue weighted by atomic mass is 35.5. The predicted molar refractivity (Wildman–Crippen MR) is 74.8 cm³/mol. The normalized spacial score (nSPS) is 11.2. The van der Waals surface area contributed by atoms with Crippen LogP contribution in [-0.2, 0) is 4.74 Å². The number of halogens is 2. The average molecular weight is 325 g/mol. The van der Waals surface area contributed by atoms with E-state index in [0.717, 1.165) is 0 Å². The van der Waals surface area contributed by atoms with E-state index in [0.29, 0.717) is 17.5 Å². The number of amides is 1. The average Bonchev–Trinajstić information content (AvgIpc) is 2.20. The molecule has 106 valence electrons. The van der Waals surface area contributed by atoms with Crippen molar-refractivity contribution in [3.8, 4) is 0 Å². The van der Waals surface area contributed by atoms with Crippen LogP contribution in [0, 0.1) is 0 Å². The first-order chi connectivity index (χ1) is 8.76. The molecule has 0 aromatic carbocycles. The number of aromatic nitrogens is 3. The van der Waals surface area contributed by atoms with Crippen molar-refractivity contribution in [3.05, 3.63) is 10.6 Å². The molecule has 19 heavy (non-hydrogen) atoms. The maximum absolute atomic E-state index is 11.4. The maximum atomic E-state index is 11.4. The van der Waals surface area contributed by atoms with Crippen molar-refractivity contribution >= 4 is 41.1 Å². The van der Waals surface area contributed by atoms with Gasteiger partial charge in [-0.2, -0.15) is 15.0 Å². The van der Waals surface area contributed by atoms with Crippen LogP contribution in [0.15, 0.2) is 5.16 Å². The Labute approximate surface area is 125 Å². The molecule has 0 bridgehead atoms. The Morgan fingerprint density at radius 3 is 2.37 bits per heavy atom. The lowest BCUT2D eigenvalue weighted by Crippen LogP contribution is -2.33. The lowest BCUT2D eigenvalue weighted by molar-refractivity contribution is 0.0531. The molecule has 0 saturated carbocycles. The van der Waals surface area contributed by atoms with Crippen LogP contribution in [-0.4, -0.2) is 38.9 Å². The van der Waals surface area contributed by atoms with E-state index in [4.69, 9.17) is 27.9 Å². The molecule has 1 heterocycles. The first-order valence-corrected chi connectivity index (χ1v) is 7.17. The first kappa shape index (κ1) is 16.3. The Morgan fingerprint density at radius 1 is 1.26 bits per heavy atom. The van der Waals surface area contributed by atoms with Crippen LogP contribution in [0.25, 0.3) is 0 Å². The number of rotatable bonds is 4. The molecule has 9 heteroatoms. The zero-order chi connectivity index (χ0) is 14.5. The van der Waals surface area contributed by atoms with Gasteiger partial charge in [-0.1, -0.05) is 11.8 Å². The third-order valence-corrected chi connectivity index (χ3v) is 2.75. The fourth-order valence-electron chi connectivity index (χ4n) is 0.983. The summed E-state index contributed by atoms with van der Waals surface area (Å²) >= 11 is 12.6. The smallest absolute Gasteiger partial charge is 0.407 e. The molecule has 6 nitrogen and oxygen atoms in total. The van der Waals surface area contributed by atoms with E-state index in [1.807, 2.05) is 0 Å². The van der Waals surface area contributed by atoms with Crippen LogP contribution in [0.2, 0.25) is 10.6 Å². The summed E-state index contributed by atoms with van der Waals surface area (Å²) in [6, 6.07) is 0. The fraction of sp³-hybridized carbons (Fsp3) is 0.600. The molecule has 1 rings (SSSR count). The SMILES string of the molecule is CC(C)(C)OC(=O)NCCSc1nc(Cl)nc(Cl)n1. The van der Waals surface area contributed by atoms with Gasteiger partial charge in [0.15, 0.2) is 5.16 Å². The molecule has 0 fully saturated rings. The van der Waals surface area contributed by atoms with Crippen LogP contribution < -0.4 is 5.32 Å². The summed E-state index contributed by atoms with van der Waals surface area (Å²) in [5.41, 5.74) is -0.507. The van der Waals surface area contributed by atoms with E-state index in [9.17, 15) is 4.79 Å². The van der Waals surface area contributed by atoms with E-state index in [1.165, 1.54) is 11.8 Å².